The Labute approximate surface area is 187 Å². The van der Waals surface area contributed by atoms with Gasteiger partial charge in [-0.1, -0.05) is 68.4 Å². The van der Waals surface area contributed by atoms with Crippen molar-refractivity contribution in [1.29, 1.82) is 0 Å². The minimum absolute atomic E-state index is 0.0666. The van der Waals surface area contributed by atoms with E-state index in [1.807, 2.05) is 6.92 Å². The van der Waals surface area contributed by atoms with Crippen LogP contribution in [-0.2, 0) is 10.1 Å². The van der Waals surface area contributed by atoms with Gasteiger partial charge in [0, 0.05) is 4.90 Å². The largest absolute Gasteiger partial charge is 0.294 e. The van der Waals surface area contributed by atoms with Crippen molar-refractivity contribution in [3.63, 3.8) is 0 Å². The zero-order valence-electron chi connectivity index (χ0n) is 17.9. The molecule has 164 valence electrons. The summed E-state index contributed by atoms with van der Waals surface area (Å²) in [6.45, 7) is 1.84. The predicted molar refractivity (Wildman–Crippen MR) is 126 cm³/mol. The van der Waals surface area contributed by atoms with Crippen LogP contribution < -0.4 is 0 Å². The van der Waals surface area contributed by atoms with Crippen LogP contribution >= 0.6 is 12.6 Å². The summed E-state index contributed by atoms with van der Waals surface area (Å²) in [5, 5.41) is 0. The van der Waals surface area contributed by atoms with Crippen LogP contribution in [0.25, 0.3) is 0 Å². The summed E-state index contributed by atoms with van der Waals surface area (Å²) in [6.07, 6.45) is 14.1. The van der Waals surface area contributed by atoms with Gasteiger partial charge in [-0.15, -0.1) is 12.6 Å². The van der Waals surface area contributed by atoms with Crippen molar-refractivity contribution in [3.05, 3.63) is 59.2 Å². The van der Waals surface area contributed by atoms with Crippen molar-refractivity contribution in [2.45, 2.75) is 92.8 Å². The second-order valence-electron chi connectivity index (χ2n) is 8.74. The van der Waals surface area contributed by atoms with Crippen LogP contribution in [0.3, 0.4) is 0 Å². The Balaban J connectivity index is 0.000000199. The molecule has 2 aliphatic rings. The van der Waals surface area contributed by atoms with Gasteiger partial charge in [0.1, 0.15) is 0 Å². The van der Waals surface area contributed by atoms with Crippen LogP contribution in [0.2, 0.25) is 0 Å². The first kappa shape index (κ1) is 23.4. The third-order valence-electron chi connectivity index (χ3n) is 6.49. The van der Waals surface area contributed by atoms with Crippen molar-refractivity contribution < 1.29 is 13.0 Å². The molecular formula is C25H34O3S2. The van der Waals surface area contributed by atoms with E-state index in [0.29, 0.717) is 0 Å². The first-order valence-corrected chi connectivity index (χ1v) is 13.1. The van der Waals surface area contributed by atoms with Gasteiger partial charge in [0.2, 0.25) is 0 Å². The fourth-order valence-electron chi connectivity index (χ4n) is 4.89. The molecule has 0 heterocycles. The van der Waals surface area contributed by atoms with Crippen molar-refractivity contribution >= 4 is 22.7 Å². The highest BCUT2D eigenvalue weighted by Crippen LogP contribution is 2.43. The van der Waals surface area contributed by atoms with Crippen LogP contribution in [0.15, 0.2) is 52.3 Å². The summed E-state index contributed by atoms with van der Waals surface area (Å²) in [6, 6.07) is 12.8. The number of aryl methyl sites for hydroxylation is 1. The quantitative estimate of drug-likeness (QED) is 0.384. The summed E-state index contributed by atoms with van der Waals surface area (Å²) >= 11 is 4.80. The van der Waals surface area contributed by atoms with Gasteiger partial charge in [0.15, 0.2) is 0 Å². The molecule has 2 aliphatic carbocycles. The maximum Gasteiger partial charge on any atom is 0.294 e. The molecule has 0 amide bonds. The van der Waals surface area contributed by atoms with Gasteiger partial charge in [-0.3, -0.25) is 4.55 Å². The minimum Gasteiger partial charge on any atom is -0.282 e. The topological polar surface area (TPSA) is 54.4 Å². The molecule has 0 unspecified atom stereocenters. The molecule has 0 aromatic heterocycles. The van der Waals surface area contributed by atoms with Gasteiger partial charge in [0.25, 0.3) is 10.1 Å². The van der Waals surface area contributed by atoms with E-state index >= 15 is 0 Å². The highest BCUT2D eigenvalue weighted by atomic mass is 32.2. The summed E-state index contributed by atoms with van der Waals surface area (Å²) < 4.78 is 29.6. The molecule has 2 fully saturated rings. The van der Waals surface area contributed by atoms with Gasteiger partial charge >= 0.3 is 0 Å². The summed E-state index contributed by atoms with van der Waals surface area (Å²) in [5.74, 6) is 1.61. The van der Waals surface area contributed by atoms with Crippen molar-refractivity contribution in [1.82, 2.24) is 0 Å². The maximum absolute atomic E-state index is 10.5. The molecule has 3 nitrogen and oxygen atoms in total. The van der Waals surface area contributed by atoms with E-state index < -0.39 is 10.1 Å². The normalized spacial score (nSPS) is 18.5. The molecule has 0 radical (unpaired) electrons. The molecule has 2 aromatic carbocycles. The zero-order valence-corrected chi connectivity index (χ0v) is 19.6. The summed E-state index contributed by atoms with van der Waals surface area (Å²) in [5.41, 5.74) is 4.23. The lowest BCUT2D eigenvalue weighted by molar-refractivity contribution is 0.415. The monoisotopic (exact) mass is 446 g/mol. The fraction of sp³-hybridized carbons (Fsp3) is 0.520. The number of rotatable bonds is 3. The van der Waals surface area contributed by atoms with Crippen LogP contribution in [0.4, 0.5) is 0 Å². The minimum atomic E-state index is -4.02. The van der Waals surface area contributed by atoms with Gasteiger partial charge in [-0.2, -0.15) is 8.42 Å². The zero-order chi connectivity index (χ0) is 21.6. The molecule has 4 rings (SSSR count). The first-order valence-electron chi connectivity index (χ1n) is 11.2. The standard InChI is InChI=1S/C18H26S.C7H8O3S/c19-17-13-7-12-16(14-8-3-1-4-9-14)18(17)15-10-5-2-6-11-15;1-6-2-4-7(5-3-6)11(8,9)10/h7,12-15,19H,1-6,8-11H2;2-5H,1H3,(H,8,9,10). The van der Waals surface area contributed by atoms with Crippen LogP contribution in [0, 0.1) is 6.92 Å². The third-order valence-corrected chi connectivity index (χ3v) is 7.75. The summed E-state index contributed by atoms with van der Waals surface area (Å²) in [4.78, 5) is 1.19. The van der Waals surface area contributed by atoms with E-state index in [2.05, 4.69) is 18.2 Å². The van der Waals surface area contributed by atoms with E-state index in [4.69, 9.17) is 17.2 Å². The number of thiol groups is 1. The second kappa shape index (κ2) is 10.8. The fourth-order valence-corrected chi connectivity index (χ4v) is 5.76. The highest BCUT2D eigenvalue weighted by molar-refractivity contribution is 7.85. The Kier molecular flexibility index (Phi) is 8.44. The first-order chi connectivity index (χ1) is 14.4. The van der Waals surface area contributed by atoms with Gasteiger partial charge in [0.05, 0.1) is 4.90 Å². The molecule has 0 atom stereocenters. The lowest BCUT2D eigenvalue weighted by atomic mass is 9.76. The molecule has 0 spiro atoms. The van der Waals surface area contributed by atoms with Gasteiger partial charge < -0.3 is 0 Å². The van der Waals surface area contributed by atoms with Crippen molar-refractivity contribution in [3.8, 4) is 0 Å². The molecule has 2 aromatic rings. The molecular weight excluding hydrogens is 412 g/mol. The summed E-state index contributed by atoms with van der Waals surface area (Å²) in [7, 11) is -4.02. The van der Waals surface area contributed by atoms with Gasteiger partial charge in [-0.05, 0) is 73.8 Å². The Morgan fingerprint density at radius 1 is 0.800 bits per heavy atom. The lowest BCUT2D eigenvalue weighted by Crippen LogP contribution is -2.13. The second-order valence-corrected chi connectivity index (χ2v) is 10.6. The van der Waals surface area contributed by atoms with Gasteiger partial charge in [-0.25, -0.2) is 0 Å². The molecule has 1 N–H and O–H groups in total. The van der Waals surface area contributed by atoms with Crippen molar-refractivity contribution in [2.75, 3.05) is 0 Å². The molecule has 0 bridgehead atoms. The van der Waals surface area contributed by atoms with E-state index in [0.717, 1.165) is 17.4 Å². The molecule has 2 saturated carbocycles. The average Bonchev–Trinajstić information content (AvgIpc) is 2.75. The van der Waals surface area contributed by atoms with Crippen LogP contribution in [0.5, 0.6) is 0 Å². The highest BCUT2D eigenvalue weighted by Gasteiger charge is 2.25. The predicted octanol–water partition coefficient (Wildman–Crippen LogP) is 7.31. The van der Waals surface area contributed by atoms with E-state index in [-0.39, 0.29) is 4.90 Å². The number of hydrogen-bond donors (Lipinski definition) is 2. The lowest BCUT2D eigenvalue weighted by Gasteiger charge is -2.30. The Hall–Kier alpha value is -1.30. The SMILES string of the molecule is Cc1ccc(S(=O)(=O)O)cc1.Sc1cccc(C2CCCCC2)c1C1CCCCC1. The van der Waals surface area contributed by atoms with Crippen LogP contribution in [0.1, 0.15) is 92.7 Å². The molecule has 5 heteroatoms. The van der Waals surface area contributed by atoms with E-state index in [1.165, 1.54) is 81.2 Å². The number of hydrogen-bond acceptors (Lipinski definition) is 3. The Morgan fingerprint density at radius 3 is 1.87 bits per heavy atom. The third kappa shape index (κ3) is 6.35. The van der Waals surface area contributed by atoms with E-state index in [1.54, 1.807) is 23.3 Å². The average molecular weight is 447 g/mol. The molecule has 0 saturated heterocycles. The number of benzene rings is 2. The maximum atomic E-state index is 10.5. The Bertz CT molecular complexity index is 908. The smallest absolute Gasteiger partial charge is 0.282 e. The Morgan fingerprint density at radius 2 is 1.33 bits per heavy atom. The molecule has 30 heavy (non-hydrogen) atoms. The molecule has 0 aliphatic heterocycles. The van der Waals surface area contributed by atoms with Crippen molar-refractivity contribution in [2.24, 2.45) is 0 Å². The van der Waals surface area contributed by atoms with E-state index in [9.17, 15) is 8.42 Å². The van der Waals surface area contributed by atoms with Crippen LogP contribution in [-0.4, -0.2) is 13.0 Å².